The van der Waals surface area contributed by atoms with Crippen LogP contribution in [0.1, 0.15) is 48.1 Å². The number of rotatable bonds is 3. The molecule has 2 fully saturated rings. The van der Waals surface area contributed by atoms with E-state index in [0.29, 0.717) is 0 Å². The van der Waals surface area contributed by atoms with Gasteiger partial charge in [0.15, 0.2) is 11.5 Å². The van der Waals surface area contributed by atoms with Crippen molar-refractivity contribution in [3.05, 3.63) is 65.3 Å². The quantitative estimate of drug-likeness (QED) is 0.659. The summed E-state index contributed by atoms with van der Waals surface area (Å²) in [6, 6.07) is 12.6. The lowest BCUT2D eigenvalue weighted by Gasteiger charge is -2.31. The van der Waals surface area contributed by atoms with Crippen LogP contribution < -0.4 is 0 Å². The number of aromatic nitrogens is 1. The summed E-state index contributed by atoms with van der Waals surface area (Å²) in [4.78, 5) is 19.5. The average Bonchev–Trinajstić information content (AvgIpc) is 3.39. The Morgan fingerprint density at radius 2 is 1.96 bits per heavy atom. The molecule has 3 aromatic rings. The zero-order valence-electron chi connectivity index (χ0n) is 15.9. The molecule has 2 heterocycles. The zero-order chi connectivity index (χ0) is 19.3. The Morgan fingerprint density at radius 1 is 1.18 bits per heavy atom. The third-order valence-electron chi connectivity index (χ3n) is 6.17. The van der Waals surface area contributed by atoms with Gasteiger partial charge in [0.2, 0.25) is 5.91 Å². The molecule has 0 bridgehead atoms. The Balaban J connectivity index is 1.22. The summed E-state index contributed by atoms with van der Waals surface area (Å²) in [6.45, 7) is 3.49. The molecule has 2 unspecified atom stereocenters. The van der Waals surface area contributed by atoms with Crippen LogP contribution in [0.5, 0.6) is 0 Å². The average molecular weight is 378 g/mol. The van der Waals surface area contributed by atoms with Gasteiger partial charge in [-0.15, -0.1) is 0 Å². The second-order valence-electron chi connectivity index (χ2n) is 8.08. The minimum absolute atomic E-state index is 0.00493. The number of nitrogens with zero attached hydrogens (tertiary/aromatic N) is 2. The minimum Gasteiger partial charge on any atom is -0.440 e. The van der Waals surface area contributed by atoms with Crippen molar-refractivity contribution in [2.24, 2.45) is 5.92 Å². The molecule has 0 spiro atoms. The first-order chi connectivity index (χ1) is 13.6. The van der Waals surface area contributed by atoms with Crippen LogP contribution in [0.2, 0.25) is 0 Å². The molecular formula is C23H23FN2O2. The predicted molar refractivity (Wildman–Crippen MR) is 105 cm³/mol. The fourth-order valence-corrected chi connectivity index (χ4v) is 4.43. The van der Waals surface area contributed by atoms with Gasteiger partial charge in [-0.3, -0.25) is 4.79 Å². The molecule has 28 heavy (non-hydrogen) atoms. The van der Waals surface area contributed by atoms with Gasteiger partial charge in [0.1, 0.15) is 11.3 Å². The summed E-state index contributed by atoms with van der Waals surface area (Å²) < 4.78 is 19.5. The summed E-state index contributed by atoms with van der Waals surface area (Å²) >= 11 is 0. The predicted octanol–water partition coefficient (Wildman–Crippen LogP) is 4.79. The monoisotopic (exact) mass is 378 g/mol. The molecule has 1 aliphatic carbocycles. The first kappa shape index (κ1) is 17.4. The van der Waals surface area contributed by atoms with Gasteiger partial charge in [-0.05, 0) is 61.4 Å². The van der Waals surface area contributed by atoms with Crippen LogP contribution in [0.25, 0.3) is 11.1 Å². The smallest absolute Gasteiger partial charge is 0.226 e. The molecule has 1 aromatic heterocycles. The molecule has 2 aliphatic rings. The van der Waals surface area contributed by atoms with Crippen LogP contribution in [-0.4, -0.2) is 28.9 Å². The Kier molecular flexibility index (Phi) is 4.18. The van der Waals surface area contributed by atoms with Gasteiger partial charge in [-0.1, -0.05) is 24.3 Å². The molecule has 0 radical (unpaired) electrons. The lowest BCUT2D eigenvalue weighted by molar-refractivity contribution is -0.133. The first-order valence-electron chi connectivity index (χ1n) is 10.0. The van der Waals surface area contributed by atoms with Gasteiger partial charge in [0, 0.05) is 24.9 Å². The number of halogens is 1. The van der Waals surface area contributed by atoms with E-state index in [-0.39, 0.29) is 29.5 Å². The lowest BCUT2D eigenvalue weighted by atomic mass is 9.96. The summed E-state index contributed by atoms with van der Waals surface area (Å²) in [6.07, 6.45) is 2.57. The maximum atomic E-state index is 13.4. The van der Waals surface area contributed by atoms with E-state index < -0.39 is 0 Å². The number of hydrogen-bond donors (Lipinski definition) is 0. The van der Waals surface area contributed by atoms with E-state index in [1.807, 2.05) is 36.1 Å². The summed E-state index contributed by atoms with van der Waals surface area (Å²) in [7, 11) is 0. The van der Waals surface area contributed by atoms with Crippen molar-refractivity contribution in [2.45, 2.75) is 38.0 Å². The number of oxazole rings is 1. The number of carbonyl (C=O) groups excluding carboxylic acids is 1. The van der Waals surface area contributed by atoms with Gasteiger partial charge < -0.3 is 9.32 Å². The summed E-state index contributed by atoms with van der Waals surface area (Å²) in [5.41, 5.74) is 3.81. The van der Waals surface area contributed by atoms with Crippen LogP contribution in [0, 0.1) is 18.7 Å². The molecule has 1 saturated heterocycles. The van der Waals surface area contributed by atoms with E-state index in [4.69, 9.17) is 4.42 Å². The molecule has 1 aliphatic heterocycles. The van der Waals surface area contributed by atoms with Crippen LogP contribution in [0.4, 0.5) is 4.39 Å². The maximum absolute atomic E-state index is 13.4. The van der Waals surface area contributed by atoms with E-state index in [0.717, 1.165) is 60.5 Å². The number of hydrogen-bond acceptors (Lipinski definition) is 3. The highest BCUT2D eigenvalue weighted by Crippen LogP contribution is 2.49. The normalized spacial score (nSPS) is 22.6. The van der Waals surface area contributed by atoms with Crippen molar-refractivity contribution in [3.63, 3.8) is 0 Å². The largest absolute Gasteiger partial charge is 0.440 e. The number of likely N-dealkylation sites (tertiary alicyclic amines) is 1. The van der Waals surface area contributed by atoms with Gasteiger partial charge >= 0.3 is 0 Å². The minimum atomic E-state index is -0.231. The van der Waals surface area contributed by atoms with Crippen LogP contribution in [0.15, 0.2) is 46.9 Å². The molecule has 5 rings (SSSR count). The van der Waals surface area contributed by atoms with Crippen molar-refractivity contribution in [1.82, 2.24) is 9.88 Å². The molecule has 5 heteroatoms. The molecule has 0 N–H and O–H groups in total. The summed E-state index contributed by atoms with van der Waals surface area (Å²) in [5.74, 6) is 1.20. The number of aryl methyl sites for hydroxylation is 1. The van der Waals surface area contributed by atoms with E-state index in [9.17, 15) is 9.18 Å². The van der Waals surface area contributed by atoms with Gasteiger partial charge in [0.25, 0.3) is 0 Å². The SMILES string of the molecule is Cc1cccc2nc(C3CCN(C(=O)C4CC4c4cccc(F)c4)CC3)oc12. The van der Waals surface area contributed by atoms with Crippen molar-refractivity contribution in [3.8, 4) is 0 Å². The fraction of sp³-hybridized carbons (Fsp3) is 0.391. The van der Waals surface area contributed by atoms with Crippen LogP contribution in [-0.2, 0) is 4.79 Å². The van der Waals surface area contributed by atoms with Crippen molar-refractivity contribution in [2.75, 3.05) is 13.1 Å². The van der Waals surface area contributed by atoms with E-state index >= 15 is 0 Å². The highest BCUT2D eigenvalue weighted by Gasteiger charge is 2.46. The van der Waals surface area contributed by atoms with Crippen molar-refractivity contribution >= 4 is 17.0 Å². The Bertz CT molecular complexity index is 1040. The fourth-order valence-electron chi connectivity index (χ4n) is 4.43. The second-order valence-corrected chi connectivity index (χ2v) is 8.08. The molecule has 1 saturated carbocycles. The van der Waals surface area contributed by atoms with E-state index in [1.165, 1.54) is 6.07 Å². The number of amides is 1. The molecule has 2 aromatic carbocycles. The molecule has 4 nitrogen and oxygen atoms in total. The number of fused-ring (bicyclic) bond motifs is 1. The number of carbonyl (C=O) groups is 1. The summed E-state index contributed by atoms with van der Waals surface area (Å²) in [5, 5.41) is 0. The van der Waals surface area contributed by atoms with E-state index in [1.54, 1.807) is 12.1 Å². The number of piperidine rings is 1. The van der Waals surface area contributed by atoms with Gasteiger partial charge in [-0.2, -0.15) is 0 Å². The zero-order valence-corrected chi connectivity index (χ0v) is 15.9. The Hall–Kier alpha value is -2.69. The molecule has 2 atom stereocenters. The third kappa shape index (κ3) is 3.09. The third-order valence-corrected chi connectivity index (χ3v) is 6.17. The van der Waals surface area contributed by atoms with Crippen molar-refractivity contribution in [1.29, 1.82) is 0 Å². The standard InChI is InChI=1S/C23H23FN2O2/c1-14-4-2-7-20-21(14)28-22(25-20)15-8-10-26(11-9-15)23(27)19-13-18(19)16-5-3-6-17(24)12-16/h2-7,12,15,18-19H,8-11,13H2,1H3. The highest BCUT2D eigenvalue weighted by atomic mass is 19.1. The lowest BCUT2D eigenvalue weighted by Crippen LogP contribution is -2.39. The highest BCUT2D eigenvalue weighted by molar-refractivity contribution is 5.83. The Labute approximate surface area is 163 Å². The molecular weight excluding hydrogens is 355 g/mol. The number of para-hydroxylation sites is 1. The van der Waals surface area contributed by atoms with Crippen molar-refractivity contribution < 1.29 is 13.6 Å². The topological polar surface area (TPSA) is 46.3 Å². The van der Waals surface area contributed by atoms with Crippen LogP contribution >= 0.6 is 0 Å². The van der Waals surface area contributed by atoms with Gasteiger partial charge in [0.05, 0.1) is 0 Å². The Morgan fingerprint density at radius 3 is 2.71 bits per heavy atom. The van der Waals surface area contributed by atoms with E-state index in [2.05, 4.69) is 4.98 Å². The first-order valence-corrected chi connectivity index (χ1v) is 10.0. The molecule has 1 amide bonds. The second kappa shape index (κ2) is 6.73. The molecule has 144 valence electrons. The van der Waals surface area contributed by atoms with Gasteiger partial charge in [-0.25, -0.2) is 9.37 Å². The van der Waals surface area contributed by atoms with Crippen LogP contribution in [0.3, 0.4) is 0 Å². The number of benzene rings is 2. The maximum Gasteiger partial charge on any atom is 0.226 e.